The molecule has 1 aromatic carbocycles. The standard InChI is InChI=1S/C27H38N4O7/c1-15-28-19-11-10-16(35-8)12-18(19)22(29-15)37-17-13-20(24(33)36-9)31(14-17)23(32)21(26(2,3)4)30-25(34)38-27(5,6)7/h10-12,17,20-21H,13-14H2,1-9H3,(H,30,34)/t17?,20?,21-/m1/s1. The highest BCUT2D eigenvalue weighted by molar-refractivity contribution is 5.91. The number of hydrogen-bond donors (Lipinski definition) is 1. The van der Waals surface area contributed by atoms with Crippen molar-refractivity contribution in [3.05, 3.63) is 24.0 Å². The highest BCUT2D eigenvalue weighted by Crippen LogP contribution is 2.32. The van der Waals surface area contributed by atoms with Gasteiger partial charge in [-0.15, -0.1) is 0 Å². The second-order valence-corrected chi connectivity index (χ2v) is 11.4. The van der Waals surface area contributed by atoms with Gasteiger partial charge < -0.3 is 29.2 Å². The normalized spacial score (nSPS) is 18.6. The highest BCUT2D eigenvalue weighted by Gasteiger charge is 2.46. The van der Waals surface area contributed by atoms with Crippen LogP contribution in [-0.4, -0.2) is 77.4 Å². The SMILES string of the molecule is COC(=O)C1CC(Oc2nc(C)nc3ccc(OC)cc23)CN1C(=O)[C@@H](NC(=O)OC(C)(C)C)C(C)(C)C. The molecule has 208 valence electrons. The molecule has 11 heteroatoms. The molecule has 0 spiro atoms. The molecule has 1 fully saturated rings. The van der Waals surface area contributed by atoms with Crippen molar-refractivity contribution in [2.75, 3.05) is 20.8 Å². The van der Waals surface area contributed by atoms with Gasteiger partial charge in [-0.05, 0) is 51.3 Å². The molecule has 0 aliphatic carbocycles. The van der Waals surface area contributed by atoms with Gasteiger partial charge in [0.05, 0.1) is 31.7 Å². The molecule has 3 rings (SSSR count). The van der Waals surface area contributed by atoms with Crippen LogP contribution in [0.2, 0.25) is 0 Å². The molecule has 2 aromatic rings. The molecular formula is C27H38N4O7. The zero-order valence-corrected chi connectivity index (χ0v) is 23.6. The quantitative estimate of drug-likeness (QED) is 0.559. The lowest BCUT2D eigenvalue weighted by Crippen LogP contribution is -2.57. The maximum atomic E-state index is 13.8. The number of esters is 1. The Kier molecular flexibility index (Phi) is 8.38. The summed E-state index contributed by atoms with van der Waals surface area (Å²) < 4.78 is 22.0. The van der Waals surface area contributed by atoms with Gasteiger partial charge in [0.15, 0.2) is 0 Å². The van der Waals surface area contributed by atoms with Crippen molar-refractivity contribution in [2.24, 2.45) is 5.41 Å². The van der Waals surface area contributed by atoms with Crippen LogP contribution in [0.5, 0.6) is 11.6 Å². The van der Waals surface area contributed by atoms with E-state index >= 15 is 0 Å². The molecule has 1 saturated heterocycles. The Morgan fingerprint density at radius 2 is 1.76 bits per heavy atom. The number of alkyl carbamates (subject to hydrolysis) is 1. The van der Waals surface area contributed by atoms with Crippen molar-refractivity contribution in [3.8, 4) is 11.6 Å². The average Bonchev–Trinajstić information content (AvgIpc) is 3.23. The second-order valence-electron chi connectivity index (χ2n) is 11.4. The third-order valence-corrected chi connectivity index (χ3v) is 6.05. The predicted octanol–water partition coefficient (Wildman–Crippen LogP) is 3.41. The molecule has 2 amide bonds. The maximum Gasteiger partial charge on any atom is 0.408 e. The summed E-state index contributed by atoms with van der Waals surface area (Å²) in [5.41, 5.74) is -0.736. The van der Waals surface area contributed by atoms with Crippen molar-refractivity contribution < 1.29 is 33.3 Å². The van der Waals surface area contributed by atoms with E-state index in [0.29, 0.717) is 28.4 Å². The molecule has 2 unspecified atom stereocenters. The van der Waals surface area contributed by atoms with Gasteiger partial charge in [-0.2, -0.15) is 4.98 Å². The fourth-order valence-electron chi connectivity index (χ4n) is 4.29. The zero-order valence-electron chi connectivity index (χ0n) is 23.6. The van der Waals surface area contributed by atoms with Crippen LogP contribution >= 0.6 is 0 Å². The summed E-state index contributed by atoms with van der Waals surface area (Å²) in [7, 11) is 2.84. The number of hydrogen-bond acceptors (Lipinski definition) is 9. The van der Waals surface area contributed by atoms with Crippen molar-refractivity contribution in [3.63, 3.8) is 0 Å². The van der Waals surface area contributed by atoms with Gasteiger partial charge in [0, 0.05) is 6.42 Å². The summed E-state index contributed by atoms with van der Waals surface area (Å²) in [5.74, 6) is 0.456. The lowest BCUT2D eigenvalue weighted by Gasteiger charge is -2.35. The monoisotopic (exact) mass is 530 g/mol. The minimum absolute atomic E-state index is 0.0929. The molecule has 2 heterocycles. The number of ether oxygens (including phenoxy) is 4. The number of fused-ring (bicyclic) bond motifs is 1. The Labute approximate surface area is 223 Å². The summed E-state index contributed by atoms with van der Waals surface area (Å²) in [6.07, 6.45) is -1.09. The number of benzene rings is 1. The van der Waals surface area contributed by atoms with Crippen LogP contribution in [-0.2, 0) is 19.1 Å². The number of methoxy groups -OCH3 is 2. The number of carbonyl (C=O) groups is 3. The van der Waals surface area contributed by atoms with Gasteiger partial charge >= 0.3 is 12.1 Å². The van der Waals surface area contributed by atoms with Crippen molar-refractivity contribution in [1.82, 2.24) is 20.2 Å². The van der Waals surface area contributed by atoms with Crippen LogP contribution in [0.1, 0.15) is 53.8 Å². The molecule has 11 nitrogen and oxygen atoms in total. The molecule has 1 N–H and O–H groups in total. The van der Waals surface area contributed by atoms with Gasteiger partial charge in [0.2, 0.25) is 11.8 Å². The van der Waals surface area contributed by atoms with Crippen molar-refractivity contribution in [2.45, 2.75) is 78.7 Å². The first kappa shape index (κ1) is 28.9. The van der Waals surface area contributed by atoms with Gasteiger partial charge in [-0.1, -0.05) is 20.8 Å². The Bertz CT molecular complexity index is 1200. The minimum atomic E-state index is -0.963. The second kappa shape index (κ2) is 11.0. The van der Waals surface area contributed by atoms with E-state index in [9.17, 15) is 14.4 Å². The lowest BCUT2D eigenvalue weighted by atomic mass is 9.85. The summed E-state index contributed by atoms with van der Waals surface area (Å²) in [6.45, 7) is 12.6. The van der Waals surface area contributed by atoms with E-state index in [1.54, 1.807) is 46.9 Å². The number of rotatable bonds is 6. The van der Waals surface area contributed by atoms with Crippen LogP contribution in [0.3, 0.4) is 0 Å². The smallest absolute Gasteiger partial charge is 0.408 e. The fourth-order valence-corrected chi connectivity index (χ4v) is 4.29. The van der Waals surface area contributed by atoms with Crippen molar-refractivity contribution in [1.29, 1.82) is 0 Å². The zero-order chi connectivity index (χ0) is 28.4. The van der Waals surface area contributed by atoms with E-state index in [-0.39, 0.29) is 13.0 Å². The third-order valence-electron chi connectivity index (χ3n) is 6.05. The first-order valence-electron chi connectivity index (χ1n) is 12.5. The highest BCUT2D eigenvalue weighted by atomic mass is 16.6. The Morgan fingerprint density at radius 1 is 1.08 bits per heavy atom. The van der Waals surface area contributed by atoms with Crippen LogP contribution in [0.25, 0.3) is 10.9 Å². The first-order valence-corrected chi connectivity index (χ1v) is 12.5. The summed E-state index contributed by atoms with van der Waals surface area (Å²) >= 11 is 0. The number of likely N-dealkylation sites (tertiary alicyclic amines) is 1. The van der Waals surface area contributed by atoms with Gasteiger partial charge in [0.1, 0.15) is 35.4 Å². The Morgan fingerprint density at radius 3 is 2.34 bits per heavy atom. The first-order chi connectivity index (χ1) is 17.6. The van der Waals surface area contributed by atoms with Crippen LogP contribution in [0.15, 0.2) is 18.2 Å². The molecule has 38 heavy (non-hydrogen) atoms. The third kappa shape index (κ3) is 6.81. The molecule has 3 atom stereocenters. The van der Waals surface area contributed by atoms with E-state index in [2.05, 4.69) is 15.3 Å². The predicted molar refractivity (Wildman–Crippen MR) is 140 cm³/mol. The van der Waals surface area contributed by atoms with E-state index in [0.717, 1.165) is 0 Å². The van der Waals surface area contributed by atoms with Crippen molar-refractivity contribution >= 4 is 28.9 Å². The van der Waals surface area contributed by atoms with Gasteiger partial charge in [-0.3, -0.25) is 4.79 Å². The van der Waals surface area contributed by atoms with Gasteiger partial charge in [-0.25, -0.2) is 14.6 Å². The number of aromatic nitrogens is 2. The molecule has 1 aliphatic heterocycles. The van der Waals surface area contributed by atoms with E-state index in [1.807, 2.05) is 26.8 Å². The van der Waals surface area contributed by atoms with Crippen LogP contribution in [0.4, 0.5) is 4.79 Å². The van der Waals surface area contributed by atoms with E-state index < -0.39 is 47.2 Å². The number of aryl methyl sites for hydroxylation is 1. The minimum Gasteiger partial charge on any atom is -0.497 e. The molecule has 0 bridgehead atoms. The molecule has 1 aliphatic rings. The van der Waals surface area contributed by atoms with Crippen LogP contribution < -0.4 is 14.8 Å². The average molecular weight is 531 g/mol. The summed E-state index contributed by atoms with van der Waals surface area (Å²) in [5, 5.41) is 3.34. The summed E-state index contributed by atoms with van der Waals surface area (Å²) in [4.78, 5) is 49.5. The number of nitrogens with zero attached hydrogens (tertiary/aromatic N) is 3. The number of nitrogens with one attached hydrogen (secondary N) is 1. The van der Waals surface area contributed by atoms with E-state index in [1.165, 1.54) is 12.0 Å². The van der Waals surface area contributed by atoms with Crippen LogP contribution in [0, 0.1) is 12.3 Å². The lowest BCUT2D eigenvalue weighted by molar-refractivity contribution is -0.152. The largest absolute Gasteiger partial charge is 0.497 e. The maximum absolute atomic E-state index is 13.8. The molecule has 1 aromatic heterocycles. The molecular weight excluding hydrogens is 492 g/mol. The number of amides is 2. The molecule has 0 saturated carbocycles. The molecule has 0 radical (unpaired) electrons. The van der Waals surface area contributed by atoms with Gasteiger partial charge in [0.25, 0.3) is 0 Å². The Balaban J connectivity index is 1.90. The van der Waals surface area contributed by atoms with E-state index in [4.69, 9.17) is 18.9 Å². The summed E-state index contributed by atoms with van der Waals surface area (Å²) in [6, 6.07) is 3.53. The Hall–Kier alpha value is -3.63. The number of carbonyl (C=O) groups excluding carboxylic acids is 3. The fraction of sp³-hybridized carbons (Fsp3) is 0.593. The topological polar surface area (TPSA) is 129 Å².